The van der Waals surface area contributed by atoms with Crippen LogP contribution in [0.3, 0.4) is 0 Å². The van der Waals surface area contributed by atoms with Gasteiger partial charge in [-0.3, -0.25) is 9.59 Å². The lowest BCUT2D eigenvalue weighted by Gasteiger charge is -2.06. The lowest BCUT2D eigenvalue weighted by Crippen LogP contribution is -2.43. The fourth-order valence-electron chi connectivity index (χ4n) is 1.47. The molecule has 1 aromatic rings. The zero-order valence-corrected chi connectivity index (χ0v) is 11.3. The van der Waals surface area contributed by atoms with Crippen molar-refractivity contribution in [3.63, 3.8) is 0 Å². The maximum atomic E-state index is 11.4. The van der Waals surface area contributed by atoms with Crippen LogP contribution >= 0.6 is 12.2 Å². The van der Waals surface area contributed by atoms with Gasteiger partial charge in [0.15, 0.2) is 0 Å². The fraction of sp³-hybridized carbons (Fsp3) is 0.308. The summed E-state index contributed by atoms with van der Waals surface area (Å²) >= 11 is 4.59. The number of hydrogen-bond acceptors (Lipinski definition) is 3. The summed E-state index contributed by atoms with van der Waals surface area (Å²) < 4.78 is 0. The Bertz CT molecular complexity index is 448. The summed E-state index contributed by atoms with van der Waals surface area (Å²) in [6, 6.07) is 9.94. The Morgan fingerprint density at radius 1 is 1.11 bits per heavy atom. The van der Waals surface area contributed by atoms with Crippen molar-refractivity contribution in [3.8, 4) is 0 Å². The highest BCUT2D eigenvalue weighted by Crippen LogP contribution is 2.01. The molecule has 0 saturated heterocycles. The van der Waals surface area contributed by atoms with Crippen LogP contribution in [-0.2, 0) is 16.0 Å². The van der Waals surface area contributed by atoms with Crippen molar-refractivity contribution in [3.05, 3.63) is 35.9 Å². The average molecular weight is 279 g/mol. The third-order valence-electron chi connectivity index (χ3n) is 2.40. The monoisotopic (exact) mass is 279 g/mol. The lowest BCUT2D eigenvalue weighted by atomic mass is 10.1. The molecule has 0 aliphatic heterocycles. The number of carbonyl (C=O) groups excluding carboxylic acids is 2. The Balaban J connectivity index is 2.16. The molecule has 2 amide bonds. The summed E-state index contributed by atoms with van der Waals surface area (Å²) in [6.07, 6.45) is 1.63. The van der Waals surface area contributed by atoms with Crippen molar-refractivity contribution in [1.82, 2.24) is 10.6 Å². The van der Waals surface area contributed by atoms with E-state index in [-0.39, 0.29) is 11.5 Å². The molecule has 19 heavy (non-hydrogen) atoms. The van der Waals surface area contributed by atoms with Gasteiger partial charge >= 0.3 is 11.8 Å². The minimum Gasteiger partial charge on any atom is -0.392 e. The Morgan fingerprint density at radius 2 is 1.74 bits per heavy atom. The second-order valence-electron chi connectivity index (χ2n) is 3.99. The molecular formula is C13H17N3O2S. The largest absolute Gasteiger partial charge is 0.392 e. The van der Waals surface area contributed by atoms with Crippen LogP contribution in [-0.4, -0.2) is 29.9 Å². The molecule has 6 heteroatoms. The highest BCUT2D eigenvalue weighted by Gasteiger charge is 2.11. The quantitative estimate of drug-likeness (QED) is 0.393. The first-order valence-electron chi connectivity index (χ1n) is 5.98. The van der Waals surface area contributed by atoms with Gasteiger partial charge in [-0.05, 0) is 18.4 Å². The molecule has 5 nitrogen and oxygen atoms in total. The van der Waals surface area contributed by atoms with Gasteiger partial charge in [0.2, 0.25) is 0 Å². The Labute approximate surface area is 117 Å². The molecule has 0 fully saturated rings. The van der Waals surface area contributed by atoms with Crippen molar-refractivity contribution in [2.75, 3.05) is 13.1 Å². The van der Waals surface area contributed by atoms with Crippen LogP contribution in [0, 0.1) is 0 Å². The second kappa shape index (κ2) is 8.20. The molecule has 0 bridgehead atoms. The van der Waals surface area contributed by atoms with E-state index in [4.69, 9.17) is 5.73 Å². The zero-order chi connectivity index (χ0) is 14.1. The van der Waals surface area contributed by atoms with Gasteiger partial charge < -0.3 is 16.4 Å². The molecule has 0 spiro atoms. The second-order valence-corrected chi connectivity index (χ2v) is 4.52. The normalized spacial score (nSPS) is 9.68. The van der Waals surface area contributed by atoms with Crippen LogP contribution in [0.15, 0.2) is 30.3 Å². The van der Waals surface area contributed by atoms with Gasteiger partial charge in [-0.25, -0.2) is 0 Å². The van der Waals surface area contributed by atoms with Gasteiger partial charge in [0.25, 0.3) is 0 Å². The van der Waals surface area contributed by atoms with Gasteiger partial charge in [0.05, 0.1) is 11.5 Å². The molecule has 1 rings (SSSR count). The van der Waals surface area contributed by atoms with Crippen LogP contribution in [0.25, 0.3) is 0 Å². The molecule has 0 unspecified atom stereocenters. The standard InChI is InChI=1S/C13H17N3O2S/c14-11(19)9-16-13(18)12(17)15-8-4-7-10-5-2-1-3-6-10/h1-3,5-6H,4,7-9H2,(H2,14,19)(H,15,17)(H,16,18). The van der Waals surface area contributed by atoms with Crippen molar-refractivity contribution in [2.24, 2.45) is 5.73 Å². The van der Waals surface area contributed by atoms with Crippen LogP contribution in [0.2, 0.25) is 0 Å². The topological polar surface area (TPSA) is 84.2 Å². The molecule has 4 N–H and O–H groups in total. The molecule has 0 radical (unpaired) electrons. The van der Waals surface area contributed by atoms with E-state index in [1.54, 1.807) is 0 Å². The summed E-state index contributed by atoms with van der Waals surface area (Å²) in [6.45, 7) is 0.486. The summed E-state index contributed by atoms with van der Waals surface area (Å²) in [7, 11) is 0. The van der Waals surface area contributed by atoms with Crippen LogP contribution in [0.4, 0.5) is 0 Å². The third kappa shape index (κ3) is 6.52. The molecule has 0 aromatic heterocycles. The van der Waals surface area contributed by atoms with Crippen molar-refractivity contribution in [1.29, 1.82) is 0 Å². The summed E-state index contributed by atoms with van der Waals surface area (Å²) in [4.78, 5) is 22.8. The lowest BCUT2D eigenvalue weighted by molar-refractivity contribution is -0.139. The van der Waals surface area contributed by atoms with Crippen LogP contribution in [0.1, 0.15) is 12.0 Å². The maximum absolute atomic E-state index is 11.4. The minimum absolute atomic E-state index is 0.0333. The summed E-state index contributed by atoms with van der Waals surface area (Å²) in [5, 5.41) is 4.86. The minimum atomic E-state index is -0.715. The number of benzene rings is 1. The number of amides is 2. The predicted molar refractivity (Wildman–Crippen MR) is 77.6 cm³/mol. The van der Waals surface area contributed by atoms with Crippen molar-refractivity contribution < 1.29 is 9.59 Å². The first kappa shape index (κ1) is 15.1. The number of nitrogens with one attached hydrogen (secondary N) is 2. The van der Waals surface area contributed by atoms with Gasteiger partial charge in [-0.2, -0.15) is 0 Å². The average Bonchev–Trinajstić information content (AvgIpc) is 2.41. The molecule has 102 valence electrons. The molecular weight excluding hydrogens is 262 g/mol. The maximum Gasteiger partial charge on any atom is 0.309 e. The van der Waals surface area contributed by atoms with E-state index in [1.165, 1.54) is 5.56 Å². The van der Waals surface area contributed by atoms with E-state index in [9.17, 15) is 9.59 Å². The van der Waals surface area contributed by atoms with E-state index < -0.39 is 11.8 Å². The Kier molecular flexibility index (Phi) is 6.52. The van der Waals surface area contributed by atoms with Crippen molar-refractivity contribution >= 4 is 29.0 Å². The Hall–Kier alpha value is -1.95. The molecule has 0 aliphatic carbocycles. The number of hydrogen-bond donors (Lipinski definition) is 3. The SMILES string of the molecule is NC(=S)CNC(=O)C(=O)NCCCc1ccccc1. The molecule has 1 aromatic carbocycles. The third-order valence-corrected chi connectivity index (χ3v) is 2.54. The van der Waals surface area contributed by atoms with Crippen LogP contribution < -0.4 is 16.4 Å². The highest BCUT2D eigenvalue weighted by atomic mass is 32.1. The zero-order valence-electron chi connectivity index (χ0n) is 10.5. The first-order chi connectivity index (χ1) is 9.09. The Morgan fingerprint density at radius 3 is 2.37 bits per heavy atom. The van der Waals surface area contributed by atoms with Crippen molar-refractivity contribution in [2.45, 2.75) is 12.8 Å². The van der Waals surface area contributed by atoms with E-state index in [1.807, 2.05) is 30.3 Å². The number of thiocarbonyl (C=S) groups is 1. The molecule has 0 atom stereocenters. The van der Waals surface area contributed by atoms with Gasteiger partial charge in [0.1, 0.15) is 0 Å². The first-order valence-corrected chi connectivity index (χ1v) is 6.38. The van der Waals surface area contributed by atoms with E-state index in [2.05, 4.69) is 22.9 Å². The highest BCUT2D eigenvalue weighted by molar-refractivity contribution is 7.80. The fourth-order valence-corrected chi connectivity index (χ4v) is 1.54. The number of carbonyl (C=O) groups is 2. The van der Waals surface area contributed by atoms with E-state index in [0.717, 1.165) is 12.8 Å². The van der Waals surface area contributed by atoms with Crippen LogP contribution in [0.5, 0.6) is 0 Å². The molecule has 0 saturated carbocycles. The molecule has 0 heterocycles. The number of rotatable bonds is 6. The summed E-state index contributed by atoms with van der Waals surface area (Å²) in [5.41, 5.74) is 6.42. The van der Waals surface area contributed by atoms with E-state index in [0.29, 0.717) is 6.54 Å². The summed E-state index contributed by atoms with van der Waals surface area (Å²) in [5.74, 6) is -1.38. The van der Waals surface area contributed by atoms with Gasteiger partial charge in [0, 0.05) is 6.54 Å². The number of aryl methyl sites for hydroxylation is 1. The number of nitrogens with two attached hydrogens (primary N) is 1. The smallest absolute Gasteiger partial charge is 0.309 e. The van der Waals surface area contributed by atoms with Gasteiger partial charge in [-0.1, -0.05) is 42.5 Å². The van der Waals surface area contributed by atoms with Gasteiger partial charge in [-0.15, -0.1) is 0 Å². The molecule has 0 aliphatic rings. The predicted octanol–water partition coefficient (Wildman–Crippen LogP) is 0.138. The van der Waals surface area contributed by atoms with E-state index >= 15 is 0 Å².